The fourth-order valence-electron chi connectivity index (χ4n) is 5.10. The zero-order valence-electron chi connectivity index (χ0n) is 31.9. The Morgan fingerprint density at radius 1 is 0.712 bits per heavy atom. The molecule has 0 N–H and O–H groups in total. The summed E-state index contributed by atoms with van der Waals surface area (Å²) in [5.41, 5.74) is -0.382. The van der Waals surface area contributed by atoms with Crippen LogP contribution in [-0.4, -0.2) is 101 Å². The number of imide groups is 4. The Kier molecular flexibility index (Phi) is 16.4. The van der Waals surface area contributed by atoms with Gasteiger partial charge in [0.2, 0.25) is 23.6 Å². The van der Waals surface area contributed by atoms with Crippen molar-refractivity contribution in [3.63, 3.8) is 0 Å². The summed E-state index contributed by atoms with van der Waals surface area (Å²) in [4.78, 5) is 107. The minimum absolute atomic E-state index is 0.126. The van der Waals surface area contributed by atoms with Gasteiger partial charge >= 0.3 is 12.1 Å². The smallest absolute Gasteiger partial charge is 0.292 e. The Balaban J connectivity index is 0.000000496. The predicted molar refractivity (Wildman–Crippen MR) is 199 cm³/mol. The van der Waals surface area contributed by atoms with Crippen molar-refractivity contribution in [2.75, 3.05) is 27.2 Å². The Morgan fingerprint density at radius 2 is 1.12 bits per heavy atom. The van der Waals surface area contributed by atoms with Crippen LogP contribution in [0.25, 0.3) is 0 Å². The van der Waals surface area contributed by atoms with Crippen molar-refractivity contribution in [2.24, 2.45) is 15.8 Å². The van der Waals surface area contributed by atoms with E-state index in [0.717, 1.165) is 30.7 Å². The van der Waals surface area contributed by atoms with E-state index in [9.17, 15) is 38.4 Å². The van der Waals surface area contributed by atoms with Gasteiger partial charge in [-0.05, 0) is 61.1 Å². The first kappa shape index (κ1) is 44.4. The molecule has 280 valence electrons. The zero-order valence-corrected chi connectivity index (χ0v) is 31.9. The monoisotopic (exact) mass is 717 g/mol. The van der Waals surface area contributed by atoms with Crippen LogP contribution in [0.15, 0.2) is 83.1 Å². The molecule has 0 radical (unpaired) electrons. The fourth-order valence-corrected chi connectivity index (χ4v) is 5.10. The van der Waals surface area contributed by atoms with Gasteiger partial charge in [-0.3, -0.25) is 53.4 Å². The van der Waals surface area contributed by atoms with Gasteiger partial charge in [-0.1, -0.05) is 80.1 Å². The summed E-state index contributed by atoms with van der Waals surface area (Å²) in [6, 6.07) is 6.85. The van der Waals surface area contributed by atoms with Gasteiger partial charge in [0.15, 0.2) is 11.6 Å². The summed E-state index contributed by atoms with van der Waals surface area (Å²) in [7, 11) is 2.63. The van der Waals surface area contributed by atoms with Crippen LogP contribution in [0, 0.1) is 10.8 Å². The summed E-state index contributed by atoms with van der Waals surface area (Å²) in [5, 5.41) is 0. The average Bonchev–Trinajstić information content (AvgIpc) is 3.13. The number of urea groups is 2. The van der Waals surface area contributed by atoms with E-state index in [1.54, 1.807) is 42.5 Å². The number of hydrogen-bond donors (Lipinski definition) is 0. The van der Waals surface area contributed by atoms with Crippen LogP contribution in [0.5, 0.6) is 0 Å². The molecule has 52 heavy (non-hydrogen) atoms. The van der Waals surface area contributed by atoms with Crippen LogP contribution in [0.4, 0.5) is 9.59 Å². The quantitative estimate of drug-likeness (QED) is 0.0656. The highest BCUT2D eigenvalue weighted by Gasteiger charge is 2.54. The fraction of sp³-hybridized carbons (Fsp3) is 0.410. The molecular formula is C39H51N5O8. The molecule has 13 nitrogen and oxygen atoms in total. The molecule has 0 bridgehead atoms. The second kappa shape index (κ2) is 19.1. The predicted octanol–water partition coefficient (Wildman–Crippen LogP) is 5.79. The first-order valence-electron chi connectivity index (χ1n) is 16.7. The van der Waals surface area contributed by atoms with Crippen molar-refractivity contribution < 1.29 is 38.4 Å². The summed E-state index contributed by atoms with van der Waals surface area (Å²) in [6.07, 6.45) is 6.35. The number of nitrogens with zero attached hydrogens (tertiary/aromatic N) is 5. The lowest BCUT2D eigenvalue weighted by Gasteiger charge is -2.40. The van der Waals surface area contributed by atoms with Crippen LogP contribution in [0.2, 0.25) is 0 Å². The number of carbonyl (C=O) groups is 8. The van der Waals surface area contributed by atoms with Gasteiger partial charge in [-0.25, -0.2) is 9.59 Å². The molecule has 1 aromatic rings. The standard InChI is InChI=1S/C19H22N2O4.C18H23N3O4.C2H6/c1-13(2)10-11-19(3)16(23)20(4)18(25)21(17(19)24)12-15(22)14-8-6-5-7-9-14;1-7-13(10-19-5)14(22)11-21-16(24)18(4,9-8-12(2)3)15(23)20(6)17(21)25;1-2/h5-10H,11-12H2,1-4H3;7-8,10H,1,5,9,11H2,2-4,6H3;1-2H3/b;13-10+;. The van der Waals surface area contributed by atoms with Crippen LogP contribution in [0.3, 0.4) is 0 Å². The molecule has 8 amide bonds. The number of amides is 8. The summed E-state index contributed by atoms with van der Waals surface area (Å²) >= 11 is 0. The molecule has 2 aliphatic rings. The zero-order chi connectivity index (χ0) is 40.1. The van der Waals surface area contributed by atoms with Crippen molar-refractivity contribution in [2.45, 2.75) is 68.2 Å². The lowest BCUT2D eigenvalue weighted by Crippen LogP contribution is -2.63. The van der Waals surface area contributed by atoms with Gasteiger partial charge in [0, 0.05) is 31.4 Å². The number of Topliss-reactive ketones (excluding diaryl/α,β-unsaturated/α-hetero) is 2. The third-order valence-electron chi connectivity index (χ3n) is 8.33. The largest absolute Gasteiger partial charge is 0.333 e. The molecule has 3 rings (SSSR count). The van der Waals surface area contributed by atoms with Gasteiger partial charge in [0.05, 0.1) is 13.1 Å². The highest BCUT2D eigenvalue weighted by Crippen LogP contribution is 2.34. The molecule has 2 saturated heterocycles. The lowest BCUT2D eigenvalue weighted by molar-refractivity contribution is -0.158. The minimum atomic E-state index is -1.44. The van der Waals surface area contributed by atoms with Gasteiger partial charge in [0.1, 0.15) is 10.8 Å². The second-order valence-corrected chi connectivity index (χ2v) is 12.9. The van der Waals surface area contributed by atoms with Crippen LogP contribution < -0.4 is 0 Å². The van der Waals surface area contributed by atoms with Gasteiger partial charge in [0.25, 0.3) is 0 Å². The van der Waals surface area contributed by atoms with Crippen molar-refractivity contribution in [1.29, 1.82) is 0 Å². The number of barbiturate groups is 2. The minimum Gasteiger partial charge on any atom is -0.292 e. The first-order chi connectivity index (χ1) is 24.3. The van der Waals surface area contributed by atoms with E-state index in [0.29, 0.717) is 5.56 Å². The lowest BCUT2D eigenvalue weighted by atomic mass is 9.81. The Hall–Kier alpha value is -5.59. The highest BCUT2D eigenvalue weighted by atomic mass is 16.2. The van der Waals surface area contributed by atoms with Crippen molar-refractivity contribution in [3.8, 4) is 0 Å². The maximum atomic E-state index is 12.9. The van der Waals surface area contributed by atoms with E-state index in [4.69, 9.17) is 0 Å². The van der Waals surface area contributed by atoms with E-state index < -0.39 is 58.8 Å². The number of benzene rings is 1. The first-order valence-corrected chi connectivity index (χ1v) is 16.7. The molecule has 0 spiro atoms. The molecule has 2 unspecified atom stereocenters. The average molecular weight is 718 g/mol. The number of hydrogen-bond acceptors (Lipinski definition) is 9. The van der Waals surface area contributed by atoms with Gasteiger partial charge in [-0.2, -0.15) is 0 Å². The number of rotatable bonds is 12. The van der Waals surface area contributed by atoms with Crippen LogP contribution >= 0.6 is 0 Å². The molecule has 0 saturated carbocycles. The third-order valence-corrected chi connectivity index (χ3v) is 8.33. The Bertz CT molecular complexity index is 1700. The highest BCUT2D eigenvalue weighted by molar-refractivity contribution is 6.21. The number of ketones is 2. The van der Waals surface area contributed by atoms with E-state index in [1.807, 2.05) is 41.5 Å². The summed E-state index contributed by atoms with van der Waals surface area (Å²) < 4.78 is 0. The molecule has 13 heteroatoms. The van der Waals surface area contributed by atoms with Crippen molar-refractivity contribution in [1.82, 2.24) is 19.6 Å². The van der Waals surface area contributed by atoms with Crippen LogP contribution in [0.1, 0.15) is 78.6 Å². The summed E-state index contributed by atoms with van der Waals surface area (Å²) in [6.45, 7) is 20.3. The number of allylic oxidation sites excluding steroid dienone is 5. The maximum Gasteiger partial charge on any atom is 0.333 e. The molecular weight excluding hydrogens is 666 g/mol. The molecule has 0 aromatic heterocycles. The van der Waals surface area contributed by atoms with Crippen LogP contribution in [-0.2, 0) is 24.0 Å². The molecule has 0 aliphatic carbocycles. The van der Waals surface area contributed by atoms with Gasteiger partial charge in [-0.15, -0.1) is 0 Å². The molecule has 2 heterocycles. The number of aliphatic imine (C=N–C) groups is 1. The maximum absolute atomic E-state index is 12.9. The molecule has 2 aliphatic heterocycles. The normalized spacial score (nSPS) is 20.3. The van der Waals surface area contributed by atoms with Crippen molar-refractivity contribution >= 4 is 54.0 Å². The third kappa shape index (κ3) is 10.0. The molecule has 2 atom stereocenters. The van der Waals surface area contributed by atoms with E-state index in [2.05, 4.69) is 18.3 Å². The molecule has 2 fully saturated rings. The van der Waals surface area contributed by atoms with Gasteiger partial charge < -0.3 is 0 Å². The Labute approximate surface area is 306 Å². The van der Waals surface area contributed by atoms with E-state index in [-0.39, 0.29) is 30.7 Å². The topological polar surface area (TPSA) is 162 Å². The number of carbonyl (C=O) groups excluding carboxylic acids is 8. The Morgan fingerprint density at radius 3 is 1.48 bits per heavy atom. The van der Waals surface area contributed by atoms with E-state index >= 15 is 0 Å². The van der Waals surface area contributed by atoms with Crippen molar-refractivity contribution in [3.05, 3.63) is 83.6 Å². The SMILES string of the molecule is C=C/C(=C\N=C)C(=O)CN1C(=O)N(C)C(=O)C(C)(CC=C(C)C)C1=O.CC.CC(C)=CCC1(C)C(=O)N(C)C(=O)N(CC(=O)c2ccccc2)C1=O. The summed E-state index contributed by atoms with van der Waals surface area (Å²) in [5.74, 6) is -3.34. The second-order valence-electron chi connectivity index (χ2n) is 12.9. The van der Waals surface area contributed by atoms with E-state index in [1.165, 1.54) is 40.2 Å². The molecule has 1 aromatic carbocycles.